The van der Waals surface area contributed by atoms with Crippen molar-refractivity contribution in [3.8, 4) is 0 Å². The highest BCUT2D eigenvalue weighted by molar-refractivity contribution is 9.10. The van der Waals surface area contributed by atoms with Gasteiger partial charge in [0, 0.05) is 48.8 Å². The summed E-state index contributed by atoms with van der Waals surface area (Å²) < 4.78 is 6.77. The van der Waals surface area contributed by atoms with Crippen molar-refractivity contribution in [1.29, 1.82) is 0 Å². The first-order valence-corrected chi connectivity index (χ1v) is 10.3. The molecule has 0 amide bonds. The molecule has 1 saturated heterocycles. The summed E-state index contributed by atoms with van der Waals surface area (Å²) in [7, 11) is 6.17. The van der Waals surface area contributed by atoms with E-state index in [0.29, 0.717) is 0 Å². The Balaban J connectivity index is 1.58. The summed E-state index contributed by atoms with van der Waals surface area (Å²) in [5.41, 5.74) is 1.77. The average Bonchev–Trinajstić information content (AvgIpc) is 3.44. The highest BCUT2D eigenvalue weighted by Crippen LogP contribution is 2.49. The van der Waals surface area contributed by atoms with Gasteiger partial charge in [-0.25, -0.2) is 0 Å². The molecule has 2 N–H and O–H groups in total. The van der Waals surface area contributed by atoms with E-state index in [1.807, 2.05) is 7.05 Å². The highest BCUT2D eigenvalue weighted by atomic mass is 79.9. The van der Waals surface area contributed by atoms with E-state index < -0.39 is 0 Å². The quantitative estimate of drug-likeness (QED) is 0.546. The lowest BCUT2D eigenvalue weighted by atomic mass is 9.88. The monoisotopic (exact) mass is 422 g/mol. The van der Waals surface area contributed by atoms with Gasteiger partial charge in [0.25, 0.3) is 0 Å². The summed E-state index contributed by atoms with van der Waals surface area (Å²) in [4.78, 5) is 6.78. The van der Waals surface area contributed by atoms with Crippen LogP contribution in [0.3, 0.4) is 0 Å². The molecule has 26 heavy (non-hydrogen) atoms. The van der Waals surface area contributed by atoms with Crippen LogP contribution in [0.2, 0.25) is 0 Å². The van der Waals surface area contributed by atoms with Gasteiger partial charge in [-0.05, 0) is 51.4 Å². The molecule has 0 aromatic heterocycles. The van der Waals surface area contributed by atoms with Crippen molar-refractivity contribution in [3.63, 3.8) is 0 Å². The fourth-order valence-electron chi connectivity index (χ4n) is 3.84. The third-order valence-electron chi connectivity index (χ3n) is 6.07. The summed E-state index contributed by atoms with van der Waals surface area (Å²) in [6.07, 6.45) is 4.53. The van der Waals surface area contributed by atoms with E-state index >= 15 is 0 Å². The van der Waals surface area contributed by atoms with Crippen molar-refractivity contribution in [1.82, 2.24) is 15.5 Å². The summed E-state index contributed by atoms with van der Waals surface area (Å²) in [5.74, 6) is 0.885. The normalized spacial score (nSPS) is 21.5. The second-order valence-electron chi connectivity index (χ2n) is 7.77. The Morgan fingerprint density at radius 3 is 2.35 bits per heavy atom. The number of nitrogens with zero attached hydrogens (tertiary/aromatic N) is 2. The van der Waals surface area contributed by atoms with Crippen LogP contribution in [0.1, 0.15) is 31.2 Å². The molecule has 0 bridgehead atoms. The largest absolute Gasteiger partial charge is 0.381 e. The minimum atomic E-state index is 0.135. The topological polar surface area (TPSA) is 48.9 Å². The van der Waals surface area contributed by atoms with Crippen LogP contribution >= 0.6 is 15.9 Å². The van der Waals surface area contributed by atoms with Gasteiger partial charge in [0.05, 0.1) is 0 Å². The van der Waals surface area contributed by atoms with Crippen LogP contribution in [-0.2, 0) is 10.2 Å². The summed E-state index contributed by atoms with van der Waals surface area (Å²) in [6, 6.07) is 8.57. The van der Waals surface area contributed by atoms with Crippen molar-refractivity contribution in [2.75, 3.05) is 47.4 Å². The zero-order valence-corrected chi connectivity index (χ0v) is 17.7. The van der Waals surface area contributed by atoms with Crippen molar-refractivity contribution in [2.45, 2.75) is 36.6 Å². The summed E-state index contributed by atoms with van der Waals surface area (Å²) >= 11 is 3.71. The number of aliphatic imine (C=N–C) groups is 1. The average molecular weight is 423 g/mol. The first-order chi connectivity index (χ1) is 12.5. The van der Waals surface area contributed by atoms with Crippen LogP contribution in [-0.4, -0.2) is 63.8 Å². The number of guanidine groups is 1. The smallest absolute Gasteiger partial charge is 0.191 e. The van der Waals surface area contributed by atoms with Gasteiger partial charge in [0.2, 0.25) is 0 Å². The van der Waals surface area contributed by atoms with Gasteiger partial charge in [0.15, 0.2) is 5.96 Å². The molecule has 144 valence electrons. The van der Waals surface area contributed by atoms with Crippen molar-refractivity contribution >= 4 is 21.9 Å². The Kier molecular flexibility index (Phi) is 6.25. The van der Waals surface area contributed by atoms with E-state index in [4.69, 9.17) is 4.74 Å². The summed E-state index contributed by atoms with van der Waals surface area (Å²) in [6.45, 7) is 3.45. The molecule has 1 saturated carbocycles. The van der Waals surface area contributed by atoms with Crippen LogP contribution in [0.25, 0.3) is 0 Å². The Labute approximate surface area is 165 Å². The molecule has 0 spiro atoms. The molecule has 3 rings (SSSR count). The van der Waals surface area contributed by atoms with Crippen LogP contribution < -0.4 is 10.6 Å². The predicted molar refractivity (Wildman–Crippen MR) is 111 cm³/mol. The van der Waals surface area contributed by atoms with Gasteiger partial charge in [-0.2, -0.15) is 0 Å². The second kappa shape index (κ2) is 8.28. The van der Waals surface area contributed by atoms with Gasteiger partial charge in [-0.1, -0.05) is 34.1 Å². The van der Waals surface area contributed by atoms with E-state index in [1.165, 1.54) is 22.9 Å². The molecule has 1 heterocycles. The molecule has 2 fully saturated rings. The van der Waals surface area contributed by atoms with Gasteiger partial charge >= 0.3 is 0 Å². The molecule has 5 nitrogen and oxygen atoms in total. The van der Waals surface area contributed by atoms with Gasteiger partial charge in [0.1, 0.15) is 0 Å². The fraction of sp³-hybridized carbons (Fsp3) is 0.650. The number of hydrogen-bond donors (Lipinski definition) is 2. The zero-order valence-electron chi connectivity index (χ0n) is 16.1. The standard InChI is InChI=1S/C20H31BrN4O/c1-22-18(24-15-20(25(2)3)10-12-26-13-11-20)23-14-19(8-9-19)16-6-4-5-7-17(16)21/h4-7H,8-15H2,1-3H3,(H2,22,23,24). The Hall–Kier alpha value is -1.11. The molecule has 1 aliphatic carbocycles. The SMILES string of the molecule is CN=C(NCC1(c2ccccc2Br)CC1)NCC1(N(C)C)CCOCC1. The summed E-state index contributed by atoms with van der Waals surface area (Å²) in [5, 5.41) is 7.12. The first-order valence-electron chi connectivity index (χ1n) is 9.46. The molecule has 1 aromatic rings. The van der Waals surface area contributed by atoms with Crippen molar-refractivity contribution < 1.29 is 4.74 Å². The number of benzene rings is 1. The van der Waals surface area contributed by atoms with E-state index in [0.717, 1.165) is 45.1 Å². The highest BCUT2D eigenvalue weighted by Gasteiger charge is 2.45. The van der Waals surface area contributed by atoms with Gasteiger partial charge < -0.3 is 20.3 Å². The van der Waals surface area contributed by atoms with E-state index in [2.05, 4.69) is 74.8 Å². The number of nitrogens with one attached hydrogen (secondary N) is 2. The molecule has 0 atom stereocenters. The third kappa shape index (κ3) is 4.24. The van der Waals surface area contributed by atoms with Crippen LogP contribution in [0.5, 0.6) is 0 Å². The zero-order chi connectivity index (χ0) is 18.6. The Morgan fingerprint density at radius 2 is 1.77 bits per heavy atom. The molecular weight excluding hydrogens is 392 g/mol. The molecule has 1 aliphatic heterocycles. The fourth-order valence-corrected chi connectivity index (χ4v) is 4.54. The predicted octanol–water partition coefficient (Wildman–Crippen LogP) is 2.76. The van der Waals surface area contributed by atoms with Crippen LogP contribution in [0, 0.1) is 0 Å². The molecular formula is C20H31BrN4O. The molecule has 2 aliphatic rings. The number of halogens is 1. The maximum Gasteiger partial charge on any atom is 0.191 e. The molecule has 6 heteroatoms. The van der Waals surface area contributed by atoms with Crippen molar-refractivity contribution in [3.05, 3.63) is 34.3 Å². The number of ether oxygens (including phenoxy) is 1. The number of hydrogen-bond acceptors (Lipinski definition) is 3. The lowest BCUT2D eigenvalue weighted by molar-refractivity contribution is -0.00501. The van der Waals surface area contributed by atoms with Gasteiger partial charge in [-0.3, -0.25) is 4.99 Å². The maximum atomic E-state index is 5.56. The van der Waals surface area contributed by atoms with E-state index in [1.54, 1.807) is 0 Å². The minimum absolute atomic E-state index is 0.135. The molecule has 1 aromatic carbocycles. The van der Waals surface area contributed by atoms with Gasteiger partial charge in [-0.15, -0.1) is 0 Å². The minimum Gasteiger partial charge on any atom is -0.381 e. The third-order valence-corrected chi connectivity index (χ3v) is 6.77. The van der Waals surface area contributed by atoms with Crippen LogP contribution in [0.15, 0.2) is 33.7 Å². The molecule has 0 radical (unpaired) electrons. The second-order valence-corrected chi connectivity index (χ2v) is 8.62. The first kappa shape index (κ1) is 19.6. The lowest BCUT2D eigenvalue weighted by Gasteiger charge is -2.43. The Bertz CT molecular complexity index is 636. The lowest BCUT2D eigenvalue weighted by Crippen LogP contribution is -2.57. The van der Waals surface area contributed by atoms with E-state index in [9.17, 15) is 0 Å². The molecule has 0 unspecified atom stereocenters. The van der Waals surface area contributed by atoms with Crippen molar-refractivity contribution in [2.24, 2.45) is 4.99 Å². The number of likely N-dealkylation sites (N-methyl/N-ethyl adjacent to an activating group) is 1. The van der Waals surface area contributed by atoms with Crippen LogP contribution in [0.4, 0.5) is 0 Å². The van der Waals surface area contributed by atoms with E-state index in [-0.39, 0.29) is 11.0 Å². The Morgan fingerprint density at radius 1 is 1.12 bits per heavy atom. The maximum absolute atomic E-state index is 5.56. The number of rotatable bonds is 6.